The summed E-state index contributed by atoms with van der Waals surface area (Å²) in [7, 11) is 0. The van der Waals surface area contributed by atoms with Gasteiger partial charge in [-0.1, -0.05) is 0 Å². The molecule has 0 fully saturated rings. The van der Waals surface area contributed by atoms with Crippen LogP contribution in [0.3, 0.4) is 0 Å². The third-order valence-electron chi connectivity index (χ3n) is 1.48. The molecule has 0 unspecified atom stereocenters. The molecule has 3 heteroatoms. The second-order valence-corrected chi connectivity index (χ2v) is 2.72. The van der Waals surface area contributed by atoms with Crippen molar-refractivity contribution >= 4 is 5.78 Å². The van der Waals surface area contributed by atoms with Crippen molar-refractivity contribution in [3.63, 3.8) is 0 Å². The smallest absolute Gasteiger partial charge is 0.140 e. The number of hydrogen-bond donors (Lipinski definition) is 0. The molecule has 0 aliphatic rings. The monoisotopic (exact) mass is 186 g/mol. The van der Waals surface area contributed by atoms with Gasteiger partial charge in [0.1, 0.15) is 17.3 Å². The minimum Gasteiger partial charge on any atom is -0.495 e. The lowest BCUT2D eigenvalue weighted by atomic mass is 10.2. The Morgan fingerprint density at radius 2 is 1.62 bits per heavy atom. The Labute approximate surface area is 79.7 Å². The van der Waals surface area contributed by atoms with E-state index in [1.165, 1.54) is 6.92 Å². The van der Waals surface area contributed by atoms with Crippen LogP contribution in [0.4, 0.5) is 0 Å². The summed E-state index contributed by atoms with van der Waals surface area (Å²) in [6.07, 6.45) is 0.319. The van der Waals surface area contributed by atoms with Gasteiger partial charge < -0.3 is 9.47 Å². The van der Waals surface area contributed by atoms with Gasteiger partial charge in [0.2, 0.25) is 0 Å². The standard InChI is InChI=1S/C10H18O3/c1-5-12-9(4)10(13-6-2)7-8(3)11/h5-7H2,1-4H3. The quantitative estimate of drug-likeness (QED) is 0.597. The molecule has 0 heterocycles. The first-order valence-electron chi connectivity index (χ1n) is 4.56. The van der Waals surface area contributed by atoms with Crippen molar-refractivity contribution in [2.24, 2.45) is 0 Å². The number of carbonyl (C=O) groups excluding carboxylic acids is 1. The average Bonchev–Trinajstić information content (AvgIpc) is 2.03. The van der Waals surface area contributed by atoms with Gasteiger partial charge in [0, 0.05) is 0 Å². The highest BCUT2D eigenvalue weighted by molar-refractivity contribution is 5.77. The molecule has 0 spiro atoms. The summed E-state index contributed by atoms with van der Waals surface area (Å²) in [5.41, 5.74) is 0. The third kappa shape index (κ3) is 5.28. The maximum Gasteiger partial charge on any atom is 0.140 e. The van der Waals surface area contributed by atoms with Crippen molar-refractivity contribution in [2.45, 2.75) is 34.1 Å². The Bertz CT molecular complexity index is 194. The zero-order chi connectivity index (χ0) is 10.3. The predicted molar refractivity (Wildman–Crippen MR) is 51.3 cm³/mol. The maximum atomic E-state index is 10.9. The summed E-state index contributed by atoms with van der Waals surface area (Å²) in [6, 6.07) is 0. The third-order valence-corrected chi connectivity index (χ3v) is 1.48. The van der Waals surface area contributed by atoms with Gasteiger partial charge in [-0.05, 0) is 27.7 Å². The van der Waals surface area contributed by atoms with Crippen LogP contribution in [0, 0.1) is 0 Å². The lowest BCUT2D eigenvalue weighted by Gasteiger charge is -2.11. The predicted octanol–water partition coefficient (Wildman–Crippen LogP) is 2.27. The van der Waals surface area contributed by atoms with E-state index in [0.717, 1.165) is 0 Å². The van der Waals surface area contributed by atoms with Crippen molar-refractivity contribution in [3.05, 3.63) is 11.5 Å². The molecule has 76 valence electrons. The van der Waals surface area contributed by atoms with Crippen molar-refractivity contribution in [1.82, 2.24) is 0 Å². The van der Waals surface area contributed by atoms with Gasteiger partial charge in [-0.15, -0.1) is 0 Å². The summed E-state index contributed by atoms with van der Waals surface area (Å²) in [5, 5.41) is 0. The van der Waals surface area contributed by atoms with E-state index in [1.54, 1.807) is 0 Å². The van der Waals surface area contributed by atoms with Gasteiger partial charge in [-0.25, -0.2) is 0 Å². The van der Waals surface area contributed by atoms with Gasteiger partial charge >= 0.3 is 0 Å². The molecule has 0 saturated heterocycles. The minimum absolute atomic E-state index is 0.0857. The fourth-order valence-corrected chi connectivity index (χ4v) is 0.974. The summed E-state index contributed by atoms with van der Waals surface area (Å²) in [6.45, 7) is 8.31. The molecule has 0 aromatic carbocycles. The van der Waals surface area contributed by atoms with Crippen molar-refractivity contribution < 1.29 is 14.3 Å². The molecule has 0 aliphatic carbocycles. The number of ether oxygens (including phenoxy) is 2. The van der Waals surface area contributed by atoms with Crippen molar-refractivity contribution in [1.29, 1.82) is 0 Å². The number of carbonyl (C=O) groups is 1. The SMILES string of the molecule is CCOC(C)=C(CC(C)=O)OCC. The van der Waals surface area contributed by atoms with E-state index in [-0.39, 0.29) is 5.78 Å². The Kier molecular flexibility index (Phi) is 6.02. The summed E-state index contributed by atoms with van der Waals surface area (Å²) in [4.78, 5) is 10.9. The van der Waals surface area contributed by atoms with Crippen LogP contribution in [0.2, 0.25) is 0 Å². The average molecular weight is 186 g/mol. The molecular formula is C10H18O3. The Balaban J connectivity index is 4.35. The van der Waals surface area contributed by atoms with E-state index in [9.17, 15) is 4.79 Å². The Morgan fingerprint density at radius 3 is 2.00 bits per heavy atom. The largest absolute Gasteiger partial charge is 0.495 e. The normalized spacial score (nSPS) is 12.0. The molecule has 0 radical (unpaired) electrons. The van der Waals surface area contributed by atoms with Gasteiger partial charge in [0.05, 0.1) is 19.6 Å². The van der Waals surface area contributed by atoms with E-state index >= 15 is 0 Å². The molecule has 0 atom stereocenters. The first-order valence-corrected chi connectivity index (χ1v) is 4.56. The van der Waals surface area contributed by atoms with E-state index in [2.05, 4.69) is 0 Å². The van der Waals surface area contributed by atoms with Crippen molar-refractivity contribution in [3.8, 4) is 0 Å². The molecule has 3 nitrogen and oxygen atoms in total. The fourth-order valence-electron chi connectivity index (χ4n) is 0.974. The van der Waals surface area contributed by atoms with Crippen molar-refractivity contribution in [2.75, 3.05) is 13.2 Å². The lowest BCUT2D eigenvalue weighted by Crippen LogP contribution is -2.03. The lowest BCUT2D eigenvalue weighted by molar-refractivity contribution is -0.117. The van der Waals surface area contributed by atoms with Gasteiger partial charge in [-0.3, -0.25) is 4.79 Å². The number of ketones is 1. The summed E-state index contributed by atoms with van der Waals surface area (Å²) < 4.78 is 10.6. The fraction of sp³-hybridized carbons (Fsp3) is 0.700. The zero-order valence-corrected chi connectivity index (χ0v) is 8.85. The molecule has 0 rings (SSSR count). The second kappa shape index (κ2) is 6.52. The molecule has 13 heavy (non-hydrogen) atoms. The van der Waals surface area contributed by atoms with Gasteiger partial charge in [0.15, 0.2) is 0 Å². The van der Waals surface area contributed by atoms with Gasteiger partial charge in [-0.2, -0.15) is 0 Å². The molecule has 0 amide bonds. The molecule has 0 N–H and O–H groups in total. The Morgan fingerprint density at radius 1 is 1.08 bits per heavy atom. The molecule has 0 aromatic heterocycles. The number of Topliss-reactive ketones (excluding diaryl/α,β-unsaturated/α-hetero) is 1. The highest BCUT2D eigenvalue weighted by Gasteiger charge is 2.07. The summed E-state index contributed by atoms with van der Waals surface area (Å²) in [5.74, 6) is 1.44. The van der Waals surface area contributed by atoms with Crippen LogP contribution in [-0.2, 0) is 14.3 Å². The molecule has 0 bridgehead atoms. The van der Waals surface area contributed by atoms with Crippen LogP contribution in [0.15, 0.2) is 11.5 Å². The van der Waals surface area contributed by atoms with Crippen LogP contribution in [0.5, 0.6) is 0 Å². The topological polar surface area (TPSA) is 35.5 Å². The van der Waals surface area contributed by atoms with E-state index < -0.39 is 0 Å². The number of rotatable bonds is 6. The van der Waals surface area contributed by atoms with Crippen LogP contribution < -0.4 is 0 Å². The maximum absolute atomic E-state index is 10.9. The molecule has 0 aromatic rings. The molecule has 0 aliphatic heterocycles. The summed E-state index contributed by atoms with van der Waals surface area (Å²) >= 11 is 0. The van der Waals surface area contributed by atoms with Crippen LogP contribution in [-0.4, -0.2) is 19.0 Å². The van der Waals surface area contributed by atoms with E-state index in [1.807, 2.05) is 20.8 Å². The highest BCUT2D eigenvalue weighted by Crippen LogP contribution is 2.12. The van der Waals surface area contributed by atoms with Gasteiger partial charge in [0.25, 0.3) is 0 Å². The first-order chi connectivity index (χ1) is 6.11. The second-order valence-electron chi connectivity index (χ2n) is 2.72. The first kappa shape index (κ1) is 12.0. The number of allylic oxidation sites excluding steroid dienone is 2. The van der Waals surface area contributed by atoms with E-state index in [4.69, 9.17) is 9.47 Å². The Hall–Kier alpha value is -0.990. The number of hydrogen-bond acceptors (Lipinski definition) is 3. The molecular weight excluding hydrogens is 168 g/mol. The van der Waals surface area contributed by atoms with E-state index in [0.29, 0.717) is 31.2 Å². The van der Waals surface area contributed by atoms with Crippen LogP contribution in [0.25, 0.3) is 0 Å². The molecule has 0 saturated carbocycles. The zero-order valence-electron chi connectivity index (χ0n) is 8.85. The van der Waals surface area contributed by atoms with Crippen LogP contribution in [0.1, 0.15) is 34.1 Å². The van der Waals surface area contributed by atoms with Crippen LogP contribution >= 0.6 is 0 Å². The highest BCUT2D eigenvalue weighted by atomic mass is 16.5. The minimum atomic E-state index is 0.0857.